The van der Waals surface area contributed by atoms with Crippen molar-refractivity contribution in [2.75, 3.05) is 13.2 Å². The minimum atomic E-state index is -4.41. The zero-order valence-corrected chi connectivity index (χ0v) is 15.1. The number of aromatic nitrogens is 3. The Bertz CT molecular complexity index is 1020. The highest BCUT2D eigenvalue weighted by Crippen LogP contribution is 2.31. The van der Waals surface area contributed by atoms with Crippen LogP contribution in [0.15, 0.2) is 54.9 Å². The second-order valence-electron chi connectivity index (χ2n) is 6.36. The van der Waals surface area contributed by atoms with Crippen molar-refractivity contribution in [2.24, 2.45) is 0 Å². The number of halogens is 3. The van der Waals surface area contributed by atoms with Gasteiger partial charge in [0.15, 0.2) is 11.4 Å². The molecule has 3 aromatic rings. The second kappa shape index (κ2) is 7.50. The van der Waals surface area contributed by atoms with Crippen LogP contribution in [0.3, 0.4) is 0 Å². The second-order valence-corrected chi connectivity index (χ2v) is 6.36. The Morgan fingerprint density at radius 1 is 1.03 bits per heavy atom. The molecule has 4 rings (SSSR count). The van der Waals surface area contributed by atoms with Crippen molar-refractivity contribution in [3.05, 3.63) is 71.9 Å². The summed E-state index contributed by atoms with van der Waals surface area (Å²) in [6.07, 6.45) is -1.23. The van der Waals surface area contributed by atoms with E-state index in [1.165, 1.54) is 17.0 Å². The lowest BCUT2D eigenvalue weighted by atomic mass is 10.1. The molecular weight excluding hydrogens is 385 g/mol. The van der Waals surface area contributed by atoms with Gasteiger partial charge >= 0.3 is 6.18 Å². The maximum absolute atomic E-state index is 13.0. The number of fused-ring (bicyclic) bond motifs is 1. The number of ether oxygens (including phenoxy) is 1. The molecule has 0 spiro atoms. The lowest BCUT2D eigenvalue weighted by molar-refractivity contribution is -0.137. The van der Waals surface area contributed by atoms with Crippen LogP contribution in [0.1, 0.15) is 21.9 Å². The standard InChI is InChI=1S/C20H15F3N4O2/c21-20(22,23)14-4-2-13(3-5-14)15-6-7-16-18(26-15)19(28)27(10-11-29-16)12-17-24-8-1-9-25-17/h1-9H,10-12H2. The van der Waals surface area contributed by atoms with Crippen molar-refractivity contribution in [1.29, 1.82) is 0 Å². The summed E-state index contributed by atoms with van der Waals surface area (Å²) < 4.78 is 43.9. The molecule has 0 fully saturated rings. The molecule has 0 aliphatic carbocycles. The first kappa shape index (κ1) is 18.9. The number of pyridine rings is 1. The average Bonchev–Trinajstić information content (AvgIpc) is 2.87. The van der Waals surface area contributed by atoms with Crippen molar-refractivity contribution in [2.45, 2.75) is 12.7 Å². The average molecular weight is 400 g/mol. The quantitative estimate of drug-likeness (QED) is 0.672. The summed E-state index contributed by atoms with van der Waals surface area (Å²) in [5, 5.41) is 0. The molecule has 9 heteroatoms. The van der Waals surface area contributed by atoms with Gasteiger partial charge in [-0.2, -0.15) is 13.2 Å². The lowest BCUT2D eigenvalue weighted by Gasteiger charge is -2.18. The van der Waals surface area contributed by atoms with Gasteiger partial charge in [-0.3, -0.25) is 4.79 Å². The highest BCUT2D eigenvalue weighted by atomic mass is 19.4. The van der Waals surface area contributed by atoms with E-state index in [0.717, 1.165) is 12.1 Å². The van der Waals surface area contributed by atoms with Crippen LogP contribution >= 0.6 is 0 Å². The number of nitrogens with zero attached hydrogens (tertiary/aromatic N) is 4. The monoisotopic (exact) mass is 400 g/mol. The molecule has 0 saturated heterocycles. The van der Waals surface area contributed by atoms with Gasteiger partial charge in [-0.05, 0) is 30.3 Å². The maximum atomic E-state index is 13.0. The molecule has 0 saturated carbocycles. The SMILES string of the molecule is O=C1c2nc(-c3ccc(C(F)(F)F)cc3)ccc2OCCN1Cc1ncccn1. The number of alkyl halides is 3. The molecule has 1 amide bonds. The Kier molecular flexibility index (Phi) is 4.87. The molecular formula is C20H15F3N4O2. The molecule has 1 aliphatic heterocycles. The Morgan fingerprint density at radius 3 is 2.45 bits per heavy atom. The topological polar surface area (TPSA) is 68.2 Å². The molecule has 0 N–H and O–H groups in total. The van der Waals surface area contributed by atoms with Crippen molar-refractivity contribution in [1.82, 2.24) is 19.9 Å². The highest BCUT2D eigenvalue weighted by Gasteiger charge is 2.30. The van der Waals surface area contributed by atoms with Crippen molar-refractivity contribution < 1.29 is 22.7 Å². The smallest absolute Gasteiger partial charge is 0.416 e. The van der Waals surface area contributed by atoms with Crippen LogP contribution < -0.4 is 4.74 Å². The number of rotatable bonds is 3. The zero-order chi connectivity index (χ0) is 20.4. The molecule has 0 radical (unpaired) electrons. The number of amides is 1. The summed E-state index contributed by atoms with van der Waals surface area (Å²) >= 11 is 0. The first-order valence-electron chi connectivity index (χ1n) is 8.78. The van der Waals surface area contributed by atoms with E-state index >= 15 is 0 Å². The summed E-state index contributed by atoms with van der Waals surface area (Å²) in [6, 6.07) is 9.54. The lowest BCUT2D eigenvalue weighted by Crippen LogP contribution is -2.33. The summed E-state index contributed by atoms with van der Waals surface area (Å²) in [6.45, 7) is 0.824. The Labute approximate surface area is 164 Å². The maximum Gasteiger partial charge on any atom is 0.416 e. The molecule has 0 unspecified atom stereocenters. The van der Waals surface area contributed by atoms with E-state index in [9.17, 15) is 18.0 Å². The van der Waals surface area contributed by atoms with E-state index in [0.29, 0.717) is 29.4 Å². The summed E-state index contributed by atoms with van der Waals surface area (Å²) in [4.78, 5) is 27.1. The van der Waals surface area contributed by atoms with Gasteiger partial charge in [-0.1, -0.05) is 12.1 Å². The van der Waals surface area contributed by atoms with Gasteiger partial charge in [0, 0.05) is 18.0 Å². The summed E-state index contributed by atoms with van der Waals surface area (Å²) in [7, 11) is 0. The third-order valence-corrected chi connectivity index (χ3v) is 4.43. The molecule has 6 nitrogen and oxygen atoms in total. The van der Waals surface area contributed by atoms with Crippen LogP contribution in [-0.2, 0) is 12.7 Å². The largest absolute Gasteiger partial charge is 0.489 e. The predicted molar refractivity (Wildman–Crippen MR) is 96.9 cm³/mol. The van der Waals surface area contributed by atoms with Gasteiger partial charge in [-0.25, -0.2) is 15.0 Å². The minimum Gasteiger partial charge on any atom is -0.489 e. The van der Waals surface area contributed by atoms with E-state index in [1.54, 1.807) is 30.6 Å². The Morgan fingerprint density at radius 2 is 1.76 bits per heavy atom. The van der Waals surface area contributed by atoms with Crippen LogP contribution in [0, 0.1) is 0 Å². The normalized spacial score (nSPS) is 14.2. The highest BCUT2D eigenvalue weighted by molar-refractivity contribution is 5.95. The van der Waals surface area contributed by atoms with Gasteiger partial charge in [0.1, 0.15) is 12.4 Å². The third-order valence-electron chi connectivity index (χ3n) is 4.43. The minimum absolute atomic E-state index is 0.107. The third kappa shape index (κ3) is 4.03. The fourth-order valence-corrected chi connectivity index (χ4v) is 2.96. The molecule has 1 aliphatic rings. The molecule has 148 valence electrons. The van der Waals surface area contributed by atoms with E-state index < -0.39 is 11.7 Å². The fourth-order valence-electron chi connectivity index (χ4n) is 2.96. The molecule has 2 aromatic heterocycles. The number of carbonyl (C=O) groups is 1. The van der Waals surface area contributed by atoms with Crippen molar-refractivity contribution >= 4 is 5.91 Å². The molecule has 1 aromatic carbocycles. The molecule has 0 bridgehead atoms. The Hall–Kier alpha value is -3.49. The van der Waals surface area contributed by atoms with E-state index in [4.69, 9.17) is 4.74 Å². The van der Waals surface area contributed by atoms with Gasteiger partial charge in [0.25, 0.3) is 5.91 Å². The van der Waals surface area contributed by atoms with E-state index in [2.05, 4.69) is 15.0 Å². The van der Waals surface area contributed by atoms with Crippen LogP contribution in [-0.4, -0.2) is 38.9 Å². The first-order chi connectivity index (χ1) is 13.9. The van der Waals surface area contributed by atoms with Crippen molar-refractivity contribution in [3.63, 3.8) is 0 Å². The number of benzene rings is 1. The Balaban J connectivity index is 1.63. The first-order valence-corrected chi connectivity index (χ1v) is 8.78. The van der Waals surface area contributed by atoms with Crippen LogP contribution in [0.25, 0.3) is 11.3 Å². The van der Waals surface area contributed by atoms with Crippen LogP contribution in [0.4, 0.5) is 13.2 Å². The molecule has 3 heterocycles. The number of hydrogen-bond acceptors (Lipinski definition) is 5. The van der Waals surface area contributed by atoms with Crippen LogP contribution in [0.2, 0.25) is 0 Å². The summed E-state index contributed by atoms with van der Waals surface area (Å²) in [5.74, 6) is 0.476. The van der Waals surface area contributed by atoms with Gasteiger partial charge < -0.3 is 9.64 Å². The zero-order valence-electron chi connectivity index (χ0n) is 15.1. The molecule has 29 heavy (non-hydrogen) atoms. The van der Waals surface area contributed by atoms with Gasteiger partial charge in [0.2, 0.25) is 0 Å². The predicted octanol–water partition coefficient (Wildman–Crippen LogP) is 3.59. The molecule has 0 atom stereocenters. The van der Waals surface area contributed by atoms with Gasteiger partial charge in [-0.15, -0.1) is 0 Å². The fraction of sp³-hybridized carbons (Fsp3) is 0.200. The number of carbonyl (C=O) groups excluding carboxylic acids is 1. The van der Waals surface area contributed by atoms with Crippen molar-refractivity contribution in [3.8, 4) is 17.0 Å². The summed E-state index contributed by atoms with van der Waals surface area (Å²) in [5.41, 5.74) is 0.211. The van der Waals surface area contributed by atoms with Crippen LogP contribution in [0.5, 0.6) is 5.75 Å². The van der Waals surface area contributed by atoms with E-state index in [-0.39, 0.29) is 24.8 Å². The van der Waals surface area contributed by atoms with E-state index in [1.807, 2.05) is 0 Å². The van der Waals surface area contributed by atoms with Gasteiger partial charge in [0.05, 0.1) is 24.3 Å². The number of hydrogen-bond donors (Lipinski definition) is 0.